The zero-order chi connectivity index (χ0) is 20.8. The topological polar surface area (TPSA) is 73.5 Å². The van der Waals surface area contributed by atoms with Crippen molar-refractivity contribution in [3.63, 3.8) is 0 Å². The molecule has 1 aliphatic rings. The third-order valence-electron chi connectivity index (χ3n) is 5.04. The van der Waals surface area contributed by atoms with Crippen molar-refractivity contribution in [2.24, 2.45) is 0 Å². The molecule has 1 atom stereocenters. The summed E-state index contributed by atoms with van der Waals surface area (Å²) in [6.07, 6.45) is 0.917. The van der Waals surface area contributed by atoms with Crippen molar-refractivity contribution >= 4 is 29.0 Å². The third-order valence-corrected chi connectivity index (χ3v) is 5.04. The highest BCUT2D eigenvalue weighted by molar-refractivity contribution is 6.00. The number of carbonyl (C=O) groups excluding carboxylic acids is 2. The van der Waals surface area contributed by atoms with Gasteiger partial charge >= 0.3 is 6.03 Å². The molecule has 1 saturated heterocycles. The number of amides is 3. The van der Waals surface area contributed by atoms with E-state index in [0.717, 1.165) is 24.3 Å². The molecule has 30 heavy (non-hydrogen) atoms. The average Bonchev–Trinajstić information content (AvgIpc) is 3.23. The summed E-state index contributed by atoms with van der Waals surface area (Å²) in [6, 6.07) is 26.2. The molecule has 4 rings (SSSR count). The van der Waals surface area contributed by atoms with E-state index >= 15 is 0 Å². The molecule has 0 radical (unpaired) electrons. The van der Waals surface area contributed by atoms with Crippen molar-refractivity contribution in [3.8, 4) is 0 Å². The summed E-state index contributed by atoms with van der Waals surface area (Å²) >= 11 is 0. The lowest BCUT2D eigenvalue weighted by atomic mass is 10.2. The predicted octanol–water partition coefficient (Wildman–Crippen LogP) is 4.66. The highest BCUT2D eigenvalue weighted by atomic mass is 16.2. The zero-order valence-corrected chi connectivity index (χ0v) is 16.5. The fourth-order valence-electron chi connectivity index (χ4n) is 3.53. The van der Waals surface area contributed by atoms with Gasteiger partial charge in [0.25, 0.3) is 5.91 Å². The van der Waals surface area contributed by atoms with Gasteiger partial charge in [0.05, 0.1) is 0 Å². The van der Waals surface area contributed by atoms with Gasteiger partial charge in [0.15, 0.2) is 0 Å². The smallest absolute Gasteiger partial charge is 0.323 e. The molecule has 3 aromatic rings. The first-order valence-electron chi connectivity index (χ1n) is 10.0. The molecular weight excluding hydrogens is 376 g/mol. The van der Waals surface area contributed by atoms with Crippen LogP contribution in [0.1, 0.15) is 16.8 Å². The Morgan fingerprint density at radius 3 is 1.93 bits per heavy atom. The SMILES string of the molecule is O=C(Nc1ccccc1)Nc1ccc(C(=O)N2CCC(Nc3ccccc3)C2)cc1. The summed E-state index contributed by atoms with van der Waals surface area (Å²) in [7, 11) is 0. The summed E-state index contributed by atoms with van der Waals surface area (Å²) in [5.41, 5.74) is 3.03. The van der Waals surface area contributed by atoms with E-state index in [0.29, 0.717) is 17.8 Å². The highest BCUT2D eigenvalue weighted by Crippen LogP contribution is 2.19. The predicted molar refractivity (Wildman–Crippen MR) is 120 cm³/mol. The molecule has 0 bridgehead atoms. The van der Waals surface area contributed by atoms with Gasteiger partial charge in [-0.15, -0.1) is 0 Å². The van der Waals surface area contributed by atoms with Gasteiger partial charge in [-0.2, -0.15) is 0 Å². The Bertz CT molecular complexity index is 991. The molecule has 0 aliphatic carbocycles. The lowest BCUT2D eigenvalue weighted by molar-refractivity contribution is 0.0791. The fourth-order valence-corrected chi connectivity index (χ4v) is 3.53. The van der Waals surface area contributed by atoms with Crippen LogP contribution in [-0.2, 0) is 0 Å². The maximum Gasteiger partial charge on any atom is 0.323 e. The van der Waals surface area contributed by atoms with Crippen molar-refractivity contribution < 1.29 is 9.59 Å². The van der Waals surface area contributed by atoms with Crippen LogP contribution in [0.2, 0.25) is 0 Å². The molecule has 0 saturated carbocycles. The number of carbonyl (C=O) groups is 2. The Morgan fingerprint density at radius 2 is 1.30 bits per heavy atom. The van der Waals surface area contributed by atoms with Crippen molar-refractivity contribution in [2.75, 3.05) is 29.0 Å². The normalized spacial score (nSPS) is 15.5. The standard InChI is InChI=1S/C24H24N4O2/c29-23(28-16-15-22(17-28)25-19-7-3-1-4-8-19)18-11-13-21(14-12-18)27-24(30)26-20-9-5-2-6-10-20/h1-14,22,25H,15-17H2,(H2,26,27,30). The summed E-state index contributed by atoms with van der Waals surface area (Å²) < 4.78 is 0. The van der Waals surface area contributed by atoms with E-state index in [4.69, 9.17) is 0 Å². The average molecular weight is 400 g/mol. The minimum Gasteiger partial charge on any atom is -0.380 e. The van der Waals surface area contributed by atoms with E-state index < -0.39 is 0 Å². The van der Waals surface area contributed by atoms with Gasteiger partial charge in [-0.3, -0.25) is 4.79 Å². The van der Waals surface area contributed by atoms with Gasteiger partial charge < -0.3 is 20.9 Å². The van der Waals surface area contributed by atoms with Crippen LogP contribution in [0.25, 0.3) is 0 Å². The van der Waals surface area contributed by atoms with E-state index in [1.54, 1.807) is 24.3 Å². The molecule has 1 unspecified atom stereocenters. The van der Waals surface area contributed by atoms with E-state index in [-0.39, 0.29) is 18.0 Å². The van der Waals surface area contributed by atoms with Crippen molar-refractivity contribution in [1.82, 2.24) is 4.90 Å². The Balaban J connectivity index is 1.30. The lowest BCUT2D eigenvalue weighted by Gasteiger charge is -2.18. The molecule has 3 aromatic carbocycles. The molecular formula is C24H24N4O2. The van der Waals surface area contributed by atoms with E-state index in [9.17, 15) is 9.59 Å². The number of rotatable bonds is 5. The van der Waals surface area contributed by atoms with Gasteiger partial charge in [0.2, 0.25) is 0 Å². The van der Waals surface area contributed by atoms with Crippen molar-refractivity contribution in [2.45, 2.75) is 12.5 Å². The molecule has 0 spiro atoms. The van der Waals surface area contributed by atoms with Gasteiger partial charge in [-0.1, -0.05) is 36.4 Å². The molecule has 0 aromatic heterocycles. The minimum absolute atomic E-state index is 0.00708. The summed E-state index contributed by atoms with van der Waals surface area (Å²) in [5, 5.41) is 9.02. The Hall–Kier alpha value is -3.80. The first kappa shape index (κ1) is 19.5. The number of urea groups is 1. The number of nitrogens with zero attached hydrogens (tertiary/aromatic N) is 1. The summed E-state index contributed by atoms with van der Waals surface area (Å²) in [5.74, 6) is 0.00708. The minimum atomic E-state index is -0.324. The second kappa shape index (κ2) is 9.13. The van der Waals surface area contributed by atoms with Crippen molar-refractivity contribution in [3.05, 3.63) is 90.5 Å². The van der Waals surface area contributed by atoms with Crippen LogP contribution in [0, 0.1) is 0 Å². The van der Waals surface area contributed by atoms with Crippen LogP contribution in [0.15, 0.2) is 84.9 Å². The number of benzene rings is 3. The Kier molecular flexibility index (Phi) is 5.94. The molecule has 3 N–H and O–H groups in total. The maximum atomic E-state index is 12.8. The molecule has 152 valence electrons. The number of hydrogen-bond donors (Lipinski definition) is 3. The van der Waals surface area contributed by atoms with Crippen LogP contribution in [-0.4, -0.2) is 36.0 Å². The van der Waals surface area contributed by atoms with Crippen LogP contribution < -0.4 is 16.0 Å². The van der Waals surface area contributed by atoms with Gasteiger partial charge in [0, 0.05) is 41.8 Å². The van der Waals surface area contributed by atoms with Crippen LogP contribution >= 0.6 is 0 Å². The molecule has 1 aliphatic heterocycles. The summed E-state index contributed by atoms with van der Waals surface area (Å²) in [6.45, 7) is 1.40. The van der Waals surface area contributed by atoms with Crippen molar-refractivity contribution in [1.29, 1.82) is 0 Å². The van der Waals surface area contributed by atoms with Gasteiger partial charge in [-0.25, -0.2) is 4.79 Å². The summed E-state index contributed by atoms with van der Waals surface area (Å²) in [4.78, 5) is 26.8. The molecule has 1 fully saturated rings. The monoisotopic (exact) mass is 400 g/mol. The van der Waals surface area contributed by atoms with Crippen LogP contribution in [0.4, 0.5) is 21.9 Å². The van der Waals surface area contributed by atoms with E-state index in [1.165, 1.54) is 0 Å². The van der Waals surface area contributed by atoms with E-state index in [1.807, 2.05) is 65.6 Å². The maximum absolute atomic E-state index is 12.8. The van der Waals surface area contributed by atoms with Gasteiger partial charge in [-0.05, 0) is 55.0 Å². The lowest BCUT2D eigenvalue weighted by Crippen LogP contribution is -2.31. The first-order chi connectivity index (χ1) is 14.7. The molecule has 3 amide bonds. The van der Waals surface area contributed by atoms with E-state index in [2.05, 4.69) is 16.0 Å². The largest absolute Gasteiger partial charge is 0.380 e. The number of hydrogen-bond acceptors (Lipinski definition) is 3. The molecule has 1 heterocycles. The Morgan fingerprint density at radius 1 is 0.733 bits per heavy atom. The quantitative estimate of drug-likeness (QED) is 0.583. The second-order valence-electron chi connectivity index (χ2n) is 7.27. The Labute approximate surface area is 175 Å². The van der Waals surface area contributed by atoms with Crippen LogP contribution in [0.3, 0.4) is 0 Å². The molecule has 6 nitrogen and oxygen atoms in total. The zero-order valence-electron chi connectivity index (χ0n) is 16.5. The number of para-hydroxylation sites is 2. The first-order valence-corrected chi connectivity index (χ1v) is 10.0. The number of likely N-dealkylation sites (tertiary alicyclic amines) is 1. The number of anilines is 3. The second-order valence-corrected chi connectivity index (χ2v) is 7.27. The molecule has 6 heteroatoms. The van der Waals surface area contributed by atoms with Gasteiger partial charge in [0.1, 0.15) is 0 Å². The van der Waals surface area contributed by atoms with Crippen LogP contribution in [0.5, 0.6) is 0 Å². The highest BCUT2D eigenvalue weighted by Gasteiger charge is 2.26. The third kappa shape index (κ3) is 4.97. The number of nitrogens with one attached hydrogen (secondary N) is 3. The fraction of sp³-hybridized carbons (Fsp3) is 0.167.